The molecule has 150 valence electrons. The van der Waals surface area contributed by atoms with Gasteiger partial charge in [-0.15, -0.1) is 0 Å². The van der Waals surface area contributed by atoms with Gasteiger partial charge in [0, 0.05) is 23.5 Å². The Labute approximate surface area is 171 Å². The number of benzene rings is 3. The zero-order valence-corrected chi connectivity index (χ0v) is 17.1. The van der Waals surface area contributed by atoms with Crippen LogP contribution < -0.4 is 24.3 Å². The van der Waals surface area contributed by atoms with E-state index in [0.29, 0.717) is 17.2 Å². The Morgan fingerprint density at radius 1 is 0.655 bits per heavy atom. The molecule has 0 unspecified atom stereocenters. The lowest BCUT2D eigenvalue weighted by Gasteiger charge is -2.17. The highest BCUT2D eigenvalue weighted by atomic mass is 16.5. The van der Waals surface area contributed by atoms with Gasteiger partial charge in [-0.25, -0.2) is 0 Å². The number of anilines is 2. The van der Waals surface area contributed by atoms with Crippen molar-refractivity contribution in [2.24, 2.45) is 0 Å². The molecule has 0 aliphatic heterocycles. The fourth-order valence-electron chi connectivity index (χ4n) is 3.04. The Hall–Kier alpha value is -3.60. The van der Waals surface area contributed by atoms with Crippen molar-refractivity contribution in [3.05, 3.63) is 78.4 Å². The molecule has 0 saturated carbocycles. The maximum Gasteiger partial charge on any atom is 0.134 e. The largest absolute Gasteiger partial charge is 0.497 e. The average Bonchev–Trinajstić information content (AvgIpc) is 2.78. The van der Waals surface area contributed by atoms with Gasteiger partial charge in [0.05, 0.1) is 34.0 Å². The van der Waals surface area contributed by atoms with Crippen molar-refractivity contribution in [3.8, 4) is 23.0 Å². The first-order chi connectivity index (χ1) is 14.1. The Balaban J connectivity index is 1.85. The Kier molecular flexibility index (Phi) is 6.29. The molecule has 29 heavy (non-hydrogen) atoms. The summed E-state index contributed by atoms with van der Waals surface area (Å²) in [7, 11) is 6.50. The van der Waals surface area contributed by atoms with Crippen molar-refractivity contribution in [2.75, 3.05) is 33.8 Å². The first kappa shape index (κ1) is 20.1. The van der Waals surface area contributed by atoms with Gasteiger partial charge in [-0.2, -0.15) is 0 Å². The molecule has 0 bridgehead atoms. The summed E-state index contributed by atoms with van der Waals surface area (Å²) >= 11 is 0. The molecule has 3 aromatic carbocycles. The van der Waals surface area contributed by atoms with E-state index < -0.39 is 0 Å². The van der Waals surface area contributed by atoms with Crippen LogP contribution in [0.1, 0.15) is 11.1 Å². The van der Waals surface area contributed by atoms with Gasteiger partial charge in [0.2, 0.25) is 0 Å². The SMILES string of the molecule is C=C(c1ccc(Nc2ccc(OC)cc2)cc1)c1c(OC)cc(OC)cc1OC. The maximum absolute atomic E-state index is 5.55. The third-order valence-corrected chi connectivity index (χ3v) is 4.63. The van der Waals surface area contributed by atoms with E-state index in [4.69, 9.17) is 18.9 Å². The Bertz CT molecular complexity index is 954. The molecule has 0 aromatic heterocycles. The maximum atomic E-state index is 5.55. The molecular weight excluding hydrogens is 366 g/mol. The fourth-order valence-corrected chi connectivity index (χ4v) is 3.04. The Morgan fingerprint density at radius 3 is 1.59 bits per heavy atom. The highest BCUT2D eigenvalue weighted by Crippen LogP contribution is 2.40. The van der Waals surface area contributed by atoms with E-state index in [1.165, 1.54) is 0 Å². The van der Waals surface area contributed by atoms with Crippen LogP contribution in [-0.2, 0) is 0 Å². The van der Waals surface area contributed by atoms with Crippen molar-refractivity contribution in [2.45, 2.75) is 0 Å². The van der Waals surface area contributed by atoms with Gasteiger partial charge in [-0.1, -0.05) is 18.7 Å². The molecule has 5 heteroatoms. The lowest BCUT2D eigenvalue weighted by molar-refractivity contribution is 0.374. The summed E-state index contributed by atoms with van der Waals surface area (Å²) in [6.45, 7) is 4.27. The molecule has 0 saturated heterocycles. The standard InChI is InChI=1S/C24H25NO4/c1-16(24-22(28-4)14-21(27-3)15-23(24)29-5)17-6-8-18(9-7-17)25-19-10-12-20(26-2)13-11-19/h6-15,25H,1H2,2-5H3. The lowest BCUT2D eigenvalue weighted by atomic mass is 9.97. The summed E-state index contributed by atoms with van der Waals surface area (Å²) in [5, 5.41) is 3.37. The first-order valence-corrected chi connectivity index (χ1v) is 9.10. The summed E-state index contributed by atoms with van der Waals surface area (Å²) in [6, 6.07) is 19.5. The molecule has 0 fully saturated rings. The van der Waals surface area contributed by atoms with Gasteiger partial charge in [0.25, 0.3) is 0 Å². The van der Waals surface area contributed by atoms with E-state index in [1.54, 1.807) is 28.4 Å². The summed E-state index contributed by atoms with van der Waals surface area (Å²) < 4.78 is 21.6. The number of hydrogen-bond acceptors (Lipinski definition) is 5. The molecule has 0 amide bonds. The van der Waals surface area contributed by atoms with Crippen LogP contribution in [0.5, 0.6) is 23.0 Å². The summed E-state index contributed by atoms with van der Waals surface area (Å²) in [5.74, 6) is 2.78. The van der Waals surface area contributed by atoms with Crippen molar-refractivity contribution >= 4 is 16.9 Å². The summed E-state index contributed by atoms with van der Waals surface area (Å²) in [5.41, 5.74) is 4.52. The number of hydrogen-bond donors (Lipinski definition) is 1. The highest BCUT2D eigenvalue weighted by molar-refractivity contribution is 5.85. The molecule has 0 radical (unpaired) electrons. The first-order valence-electron chi connectivity index (χ1n) is 9.10. The molecule has 1 N–H and O–H groups in total. The van der Waals surface area contributed by atoms with Gasteiger partial charge < -0.3 is 24.3 Å². The van der Waals surface area contributed by atoms with Crippen LogP contribution in [0.25, 0.3) is 5.57 Å². The number of rotatable bonds is 8. The minimum atomic E-state index is 0.645. The van der Waals surface area contributed by atoms with E-state index in [1.807, 2.05) is 60.7 Å². The predicted molar refractivity (Wildman–Crippen MR) is 117 cm³/mol. The molecular formula is C24H25NO4. The second kappa shape index (κ2) is 9.06. The van der Waals surface area contributed by atoms with Crippen LogP contribution in [-0.4, -0.2) is 28.4 Å². The zero-order chi connectivity index (χ0) is 20.8. The normalized spacial score (nSPS) is 10.2. The number of methoxy groups -OCH3 is 4. The van der Waals surface area contributed by atoms with Gasteiger partial charge in [0.15, 0.2) is 0 Å². The molecule has 3 rings (SSSR count). The fraction of sp³-hybridized carbons (Fsp3) is 0.167. The van der Waals surface area contributed by atoms with E-state index in [-0.39, 0.29) is 0 Å². The van der Waals surface area contributed by atoms with Gasteiger partial charge in [-0.3, -0.25) is 0 Å². The van der Waals surface area contributed by atoms with Crippen LogP contribution in [0, 0.1) is 0 Å². The van der Waals surface area contributed by atoms with E-state index in [0.717, 1.165) is 33.8 Å². The topological polar surface area (TPSA) is 49.0 Å². The molecule has 0 spiro atoms. The quantitative estimate of drug-likeness (QED) is 0.547. The molecule has 0 heterocycles. The van der Waals surface area contributed by atoms with Crippen LogP contribution in [0.2, 0.25) is 0 Å². The van der Waals surface area contributed by atoms with Gasteiger partial charge in [0.1, 0.15) is 23.0 Å². The second-order valence-electron chi connectivity index (χ2n) is 6.32. The monoisotopic (exact) mass is 391 g/mol. The smallest absolute Gasteiger partial charge is 0.134 e. The summed E-state index contributed by atoms with van der Waals surface area (Å²) in [6.07, 6.45) is 0. The molecule has 3 aromatic rings. The van der Waals surface area contributed by atoms with E-state index in [2.05, 4.69) is 11.9 Å². The van der Waals surface area contributed by atoms with Crippen molar-refractivity contribution in [3.63, 3.8) is 0 Å². The van der Waals surface area contributed by atoms with Gasteiger partial charge in [-0.05, 0) is 47.5 Å². The minimum absolute atomic E-state index is 0.645. The zero-order valence-electron chi connectivity index (χ0n) is 17.1. The number of ether oxygens (including phenoxy) is 4. The average molecular weight is 391 g/mol. The van der Waals surface area contributed by atoms with Crippen LogP contribution in [0.15, 0.2) is 67.2 Å². The van der Waals surface area contributed by atoms with E-state index in [9.17, 15) is 0 Å². The number of nitrogens with one attached hydrogen (secondary N) is 1. The third-order valence-electron chi connectivity index (χ3n) is 4.63. The second-order valence-corrected chi connectivity index (χ2v) is 6.32. The summed E-state index contributed by atoms with van der Waals surface area (Å²) in [4.78, 5) is 0. The van der Waals surface area contributed by atoms with Crippen LogP contribution in [0.4, 0.5) is 11.4 Å². The molecule has 0 aliphatic rings. The Morgan fingerprint density at radius 2 is 1.14 bits per heavy atom. The van der Waals surface area contributed by atoms with Crippen molar-refractivity contribution < 1.29 is 18.9 Å². The van der Waals surface area contributed by atoms with Gasteiger partial charge >= 0.3 is 0 Å². The molecule has 0 atom stereocenters. The van der Waals surface area contributed by atoms with Crippen LogP contribution in [0.3, 0.4) is 0 Å². The van der Waals surface area contributed by atoms with Crippen molar-refractivity contribution in [1.29, 1.82) is 0 Å². The third kappa shape index (κ3) is 4.46. The lowest BCUT2D eigenvalue weighted by Crippen LogP contribution is -1.99. The predicted octanol–water partition coefficient (Wildman–Crippen LogP) is 5.53. The molecule has 0 aliphatic carbocycles. The minimum Gasteiger partial charge on any atom is -0.497 e. The molecule has 5 nitrogen and oxygen atoms in total. The van der Waals surface area contributed by atoms with E-state index >= 15 is 0 Å². The van der Waals surface area contributed by atoms with Crippen molar-refractivity contribution in [1.82, 2.24) is 0 Å². The highest BCUT2D eigenvalue weighted by Gasteiger charge is 2.17. The van der Waals surface area contributed by atoms with Crippen LogP contribution >= 0.6 is 0 Å².